The Hall–Kier alpha value is -2.62. The lowest BCUT2D eigenvalue weighted by molar-refractivity contribution is -0.149. The highest BCUT2D eigenvalue weighted by Crippen LogP contribution is 2.45. The van der Waals surface area contributed by atoms with E-state index in [9.17, 15) is 23.1 Å². The minimum Gasteiger partial charge on any atom is -0.494 e. The molecule has 2 fully saturated rings. The molecule has 0 radical (unpaired) electrons. The Morgan fingerprint density at radius 2 is 1.80 bits per heavy atom. The number of carboxylic acids is 1. The number of aliphatic carboxylic acids is 1. The van der Waals surface area contributed by atoms with Gasteiger partial charge in [-0.05, 0) is 55.5 Å². The van der Waals surface area contributed by atoms with Crippen molar-refractivity contribution in [3.05, 3.63) is 65.0 Å². The van der Waals surface area contributed by atoms with Gasteiger partial charge in [0.05, 0.1) is 6.61 Å². The molecule has 0 amide bonds. The third kappa shape index (κ3) is 6.54. The first-order valence-electron chi connectivity index (χ1n) is 12.0. The predicted molar refractivity (Wildman–Crippen MR) is 124 cm³/mol. The molecule has 1 heterocycles. The number of hydrogen-bond acceptors (Lipinski definition) is 5. The van der Waals surface area contributed by atoms with Gasteiger partial charge < -0.3 is 19.9 Å². The maximum Gasteiger partial charge on any atom is 0.333 e. The van der Waals surface area contributed by atoms with Crippen molar-refractivity contribution in [2.75, 3.05) is 32.8 Å². The molecule has 2 aliphatic rings. The number of nitrogens with zero attached hydrogens (tertiary/aromatic N) is 1. The van der Waals surface area contributed by atoms with Crippen LogP contribution in [0.15, 0.2) is 36.4 Å². The molecule has 2 aromatic carbocycles. The molecule has 1 saturated carbocycles. The summed E-state index contributed by atoms with van der Waals surface area (Å²) in [4.78, 5) is 13.3. The summed E-state index contributed by atoms with van der Waals surface area (Å²) in [6.45, 7) is 5.43. The summed E-state index contributed by atoms with van der Waals surface area (Å²) in [6, 6.07) is 9.38. The second kappa shape index (κ2) is 11.4. The molecule has 4 atom stereocenters. The first-order valence-corrected chi connectivity index (χ1v) is 12.0. The topological polar surface area (TPSA) is 71.0 Å². The molecular weight excluding hydrogens is 461 g/mol. The van der Waals surface area contributed by atoms with E-state index in [2.05, 4.69) is 10.2 Å². The Kier molecular flexibility index (Phi) is 8.30. The summed E-state index contributed by atoms with van der Waals surface area (Å²) in [5, 5.41) is 12.7. The molecule has 0 spiro atoms. The van der Waals surface area contributed by atoms with E-state index < -0.39 is 29.5 Å². The minimum absolute atomic E-state index is 0.191. The van der Waals surface area contributed by atoms with Gasteiger partial charge in [-0.3, -0.25) is 4.90 Å². The van der Waals surface area contributed by atoms with Gasteiger partial charge in [-0.1, -0.05) is 12.1 Å². The van der Waals surface area contributed by atoms with Crippen molar-refractivity contribution in [3.8, 4) is 5.75 Å². The average molecular weight is 493 g/mol. The molecule has 190 valence electrons. The van der Waals surface area contributed by atoms with E-state index in [-0.39, 0.29) is 12.1 Å². The summed E-state index contributed by atoms with van der Waals surface area (Å²) >= 11 is 0. The monoisotopic (exact) mass is 492 g/mol. The number of likely N-dealkylation sites (tertiary alicyclic amines) is 1. The Labute approximate surface area is 203 Å². The largest absolute Gasteiger partial charge is 0.494 e. The third-order valence-electron chi connectivity index (χ3n) is 6.71. The zero-order valence-electron chi connectivity index (χ0n) is 19.7. The van der Waals surface area contributed by atoms with Crippen LogP contribution in [0.25, 0.3) is 0 Å². The Morgan fingerprint density at radius 1 is 1.11 bits per heavy atom. The molecule has 35 heavy (non-hydrogen) atoms. The van der Waals surface area contributed by atoms with Crippen molar-refractivity contribution < 1.29 is 32.5 Å². The van der Waals surface area contributed by atoms with E-state index in [1.165, 1.54) is 0 Å². The molecule has 0 bridgehead atoms. The molecule has 2 N–H and O–H groups in total. The van der Waals surface area contributed by atoms with Crippen LogP contribution in [-0.2, 0) is 22.5 Å². The quantitative estimate of drug-likeness (QED) is 0.329. The van der Waals surface area contributed by atoms with Crippen LogP contribution in [0.3, 0.4) is 0 Å². The fraction of sp³-hybridized carbons (Fsp3) is 0.500. The number of rotatable bonds is 13. The number of nitrogens with one attached hydrogen (secondary N) is 1. The molecule has 9 heteroatoms. The van der Waals surface area contributed by atoms with Crippen LogP contribution in [0.2, 0.25) is 0 Å². The fourth-order valence-electron chi connectivity index (χ4n) is 4.86. The van der Waals surface area contributed by atoms with Crippen molar-refractivity contribution >= 4 is 5.97 Å². The lowest BCUT2D eigenvalue weighted by Crippen LogP contribution is -2.32. The Morgan fingerprint density at radius 3 is 2.46 bits per heavy atom. The van der Waals surface area contributed by atoms with E-state index >= 15 is 0 Å². The van der Waals surface area contributed by atoms with Gasteiger partial charge in [0, 0.05) is 50.3 Å². The lowest BCUT2D eigenvalue weighted by atomic mass is 10.1. The standard InChI is InChI=1S/C26H31F3N2O4/c1-2-34-24(26(32)33)10-16-4-6-18(7-5-16)35-9-3-8-30-25-19-14-31(15-20(19)25)13-17-11-22(28)23(29)12-21(17)27/h4-7,11-12,19-20,24-25,30H,2-3,8-10,13-15H2,1H3,(H,32,33)/t19-,20?,24+,25+/m1/s1. The van der Waals surface area contributed by atoms with Crippen molar-refractivity contribution in [3.63, 3.8) is 0 Å². The number of hydrogen-bond donors (Lipinski definition) is 2. The van der Waals surface area contributed by atoms with Crippen LogP contribution in [0, 0.1) is 29.3 Å². The van der Waals surface area contributed by atoms with Crippen LogP contribution in [-0.4, -0.2) is 61.0 Å². The maximum atomic E-state index is 13.9. The highest BCUT2D eigenvalue weighted by molar-refractivity contribution is 5.72. The van der Waals surface area contributed by atoms with Gasteiger partial charge in [0.25, 0.3) is 0 Å². The highest BCUT2D eigenvalue weighted by Gasteiger charge is 2.55. The molecular formula is C26H31F3N2O4. The first-order chi connectivity index (χ1) is 16.9. The van der Waals surface area contributed by atoms with Crippen LogP contribution in [0.1, 0.15) is 24.5 Å². The van der Waals surface area contributed by atoms with Gasteiger partial charge in [-0.2, -0.15) is 0 Å². The normalized spacial score (nSPS) is 22.1. The summed E-state index contributed by atoms with van der Waals surface area (Å²) in [5.41, 5.74) is 1.07. The minimum atomic E-state index is -1.16. The number of carboxylic acid groups (broad SMARTS) is 1. The average Bonchev–Trinajstić information content (AvgIpc) is 3.27. The molecule has 1 aliphatic heterocycles. The van der Waals surface area contributed by atoms with Crippen LogP contribution < -0.4 is 10.1 Å². The molecule has 1 aliphatic carbocycles. The molecule has 1 unspecified atom stereocenters. The zero-order chi connectivity index (χ0) is 24.9. The molecule has 1 saturated heterocycles. The van der Waals surface area contributed by atoms with Crippen molar-refractivity contribution in [2.24, 2.45) is 11.8 Å². The van der Waals surface area contributed by atoms with Crippen molar-refractivity contribution in [1.82, 2.24) is 10.2 Å². The molecule has 4 rings (SSSR count). The fourth-order valence-corrected chi connectivity index (χ4v) is 4.86. The summed E-state index contributed by atoms with van der Waals surface area (Å²) < 4.78 is 51.4. The Bertz CT molecular complexity index is 1010. The summed E-state index contributed by atoms with van der Waals surface area (Å²) in [5.74, 6) is -2.11. The van der Waals surface area contributed by atoms with Crippen LogP contribution in [0.5, 0.6) is 5.75 Å². The third-order valence-corrected chi connectivity index (χ3v) is 6.71. The number of fused-ring (bicyclic) bond motifs is 1. The van der Waals surface area contributed by atoms with Gasteiger partial charge in [0.2, 0.25) is 0 Å². The predicted octanol–water partition coefficient (Wildman–Crippen LogP) is 3.63. The number of carbonyl (C=O) groups is 1. The van der Waals surface area contributed by atoms with Crippen LogP contribution >= 0.6 is 0 Å². The van der Waals surface area contributed by atoms with E-state index in [0.717, 1.165) is 43.4 Å². The highest BCUT2D eigenvalue weighted by atomic mass is 19.2. The maximum absolute atomic E-state index is 13.9. The molecule has 2 aromatic rings. The van der Waals surface area contributed by atoms with Gasteiger partial charge in [-0.15, -0.1) is 0 Å². The second-order valence-electron chi connectivity index (χ2n) is 9.19. The molecule has 6 nitrogen and oxygen atoms in total. The summed E-state index contributed by atoms with van der Waals surface area (Å²) in [6.07, 6.45) is 0.302. The van der Waals surface area contributed by atoms with E-state index in [1.807, 2.05) is 24.3 Å². The lowest BCUT2D eigenvalue weighted by Gasteiger charge is -2.20. The molecule has 0 aromatic heterocycles. The van der Waals surface area contributed by atoms with Crippen molar-refractivity contribution in [1.29, 1.82) is 0 Å². The zero-order valence-corrected chi connectivity index (χ0v) is 19.7. The van der Waals surface area contributed by atoms with E-state index in [4.69, 9.17) is 9.47 Å². The van der Waals surface area contributed by atoms with E-state index in [1.54, 1.807) is 6.92 Å². The van der Waals surface area contributed by atoms with Crippen molar-refractivity contribution in [2.45, 2.75) is 38.5 Å². The number of benzene rings is 2. The van der Waals surface area contributed by atoms with Gasteiger partial charge in [-0.25, -0.2) is 18.0 Å². The van der Waals surface area contributed by atoms with Gasteiger partial charge in [0.1, 0.15) is 11.6 Å². The smallest absolute Gasteiger partial charge is 0.333 e. The SMILES string of the molecule is CCO[C@@H](Cc1ccc(OCCCN[C@@H]2C3CN(Cc4cc(F)c(F)cc4F)C[C@H]32)cc1)C(=O)O. The Balaban J connectivity index is 1.10. The number of halogens is 3. The number of piperidine rings is 1. The summed E-state index contributed by atoms with van der Waals surface area (Å²) in [7, 11) is 0. The van der Waals surface area contributed by atoms with E-state index in [0.29, 0.717) is 43.6 Å². The number of ether oxygens (including phenoxy) is 2. The second-order valence-corrected chi connectivity index (χ2v) is 9.19. The first kappa shape index (κ1) is 25.5. The van der Waals surface area contributed by atoms with Crippen LogP contribution in [0.4, 0.5) is 13.2 Å². The van der Waals surface area contributed by atoms with Gasteiger partial charge >= 0.3 is 5.97 Å². The van der Waals surface area contributed by atoms with Gasteiger partial charge in [0.15, 0.2) is 17.7 Å².